The van der Waals surface area contributed by atoms with Gasteiger partial charge in [-0.2, -0.15) is 0 Å². The van der Waals surface area contributed by atoms with Crippen LogP contribution < -0.4 is 0 Å². The molecule has 0 N–H and O–H groups in total. The molecule has 0 aromatic carbocycles. The average molecular weight is 318 g/mol. The van der Waals surface area contributed by atoms with Crippen molar-refractivity contribution in [3.63, 3.8) is 0 Å². The van der Waals surface area contributed by atoms with Gasteiger partial charge in [0.25, 0.3) is 0 Å². The lowest BCUT2D eigenvalue weighted by molar-refractivity contribution is 0.902. The standard InChI is InChI=1S/C18H24ClN3/c1-5-9-18-16(8-4)17(11-20-13-22-18)14(6-2)10-15(7-3)21-12-19/h5,8-11,13,17H,4,6-7,12H2,1-3H3/b9-5-,14-10+,21-15?. The van der Waals surface area contributed by atoms with Gasteiger partial charge in [0.15, 0.2) is 0 Å². The molecule has 1 heterocycles. The first-order valence-corrected chi connectivity index (χ1v) is 8.10. The summed E-state index contributed by atoms with van der Waals surface area (Å²) in [7, 11) is 0. The predicted octanol–water partition coefficient (Wildman–Crippen LogP) is 5.12. The van der Waals surface area contributed by atoms with Crippen LogP contribution in [0.3, 0.4) is 0 Å². The van der Waals surface area contributed by atoms with E-state index in [4.69, 9.17) is 11.6 Å². The van der Waals surface area contributed by atoms with Crippen LogP contribution in [0.2, 0.25) is 0 Å². The third-order valence-corrected chi connectivity index (χ3v) is 3.58. The van der Waals surface area contributed by atoms with Crippen LogP contribution in [0.15, 0.2) is 62.7 Å². The van der Waals surface area contributed by atoms with Crippen molar-refractivity contribution in [1.29, 1.82) is 0 Å². The average Bonchev–Trinajstić information content (AvgIpc) is 2.73. The van der Waals surface area contributed by atoms with Gasteiger partial charge in [0.2, 0.25) is 0 Å². The van der Waals surface area contributed by atoms with E-state index in [1.807, 2.05) is 31.4 Å². The van der Waals surface area contributed by atoms with Crippen molar-refractivity contribution in [3.8, 4) is 0 Å². The zero-order valence-corrected chi connectivity index (χ0v) is 14.3. The van der Waals surface area contributed by atoms with Crippen molar-refractivity contribution in [2.45, 2.75) is 33.6 Å². The van der Waals surface area contributed by atoms with E-state index in [-0.39, 0.29) is 11.9 Å². The van der Waals surface area contributed by atoms with E-state index < -0.39 is 0 Å². The van der Waals surface area contributed by atoms with Gasteiger partial charge in [0.1, 0.15) is 12.3 Å². The number of alkyl halides is 1. The monoisotopic (exact) mass is 317 g/mol. The number of rotatable bonds is 7. The first-order chi connectivity index (χ1) is 10.7. The van der Waals surface area contributed by atoms with Gasteiger partial charge in [0, 0.05) is 17.8 Å². The number of aliphatic imine (C=N–C) groups is 3. The van der Waals surface area contributed by atoms with E-state index in [2.05, 4.69) is 41.5 Å². The highest BCUT2D eigenvalue weighted by Gasteiger charge is 2.18. The summed E-state index contributed by atoms with van der Waals surface area (Å²) >= 11 is 5.74. The van der Waals surface area contributed by atoms with E-state index in [0.717, 1.165) is 29.8 Å². The van der Waals surface area contributed by atoms with Crippen LogP contribution in [0, 0.1) is 5.92 Å². The van der Waals surface area contributed by atoms with Gasteiger partial charge in [-0.05, 0) is 37.5 Å². The predicted molar refractivity (Wildman–Crippen MR) is 99.3 cm³/mol. The molecule has 0 aliphatic carbocycles. The van der Waals surface area contributed by atoms with Crippen LogP contribution in [-0.2, 0) is 0 Å². The number of halogens is 1. The third-order valence-electron chi connectivity index (χ3n) is 3.46. The fourth-order valence-corrected chi connectivity index (χ4v) is 2.47. The lowest BCUT2D eigenvalue weighted by Gasteiger charge is -2.17. The molecule has 0 radical (unpaired) electrons. The highest BCUT2D eigenvalue weighted by molar-refractivity contribution is 6.18. The van der Waals surface area contributed by atoms with Crippen molar-refractivity contribution in [2.24, 2.45) is 20.9 Å². The molecule has 22 heavy (non-hydrogen) atoms. The third kappa shape index (κ3) is 4.92. The largest absolute Gasteiger partial charge is 0.274 e. The zero-order chi connectivity index (χ0) is 16.4. The van der Waals surface area contributed by atoms with Crippen LogP contribution in [0.1, 0.15) is 33.6 Å². The van der Waals surface area contributed by atoms with Crippen LogP contribution in [0.25, 0.3) is 0 Å². The molecule has 0 bridgehead atoms. The zero-order valence-electron chi connectivity index (χ0n) is 13.6. The maximum atomic E-state index is 5.74. The molecule has 3 nitrogen and oxygen atoms in total. The first kappa shape index (κ1) is 18.3. The van der Waals surface area contributed by atoms with E-state index in [1.54, 1.807) is 6.34 Å². The molecule has 0 saturated carbocycles. The Labute approximate surface area is 138 Å². The molecule has 1 aliphatic rings. The highest BCUT2D eigenvalue weighted by Crippen LogP contribution is 2.28. The van der Waals surface area contributed by atoms with E-state index in [0.29, 0.717) is 0 Å². The molecular formula is C18H24ClN3. The maximum absolute atomic E-state index is 5.74. The molecule has 0 aromatic rings. The second kappa shape index (κ2) is 10.1. The summed E-state index contributed by atoms with van der Waals surface area (Å²) in [5.74, 6) is 0.0586. The summed E-state index contributed by atoms with van der Waals surface area (Å²) in [6, 6.07) is 0.284. The second-order valence-electron chi connectivity index (χ2n) is 4.76. The fourth-order valence-electron chi connectivity index (χ4n) is 2.32. The van der Waals surface area contributed by atoms with Gasteiger partial charge < -0.3 is 0 Å². The smallest absolute Gasteiger partial charge is 0.115 e. The molecule has 1 aliphatic heterocycles. The summed E-state index contributed by atoms with van der Waals surface area (Å²) in [6.07, 6.45) is 13.2. The number of hydrogen-bond donors (Lipinski definition) is 0. The Kier molecular flexibility index (Phi) is 8.38. The lowest BCUT2D eigenvalue weighted by atomic mass is 9.87. The Morgan fingerprint density at radius 1 is 1.41 bits per heavy atom. The van der Waals surface area contributed by atoms with Crippen molar-refractivity contribution < 1.29 is 0 Å². The van der Waals surface area contributed by atoms with Crippen molar-refractivity contribution in [1.82, 2.24) is 0 Å². The minimum Gasteiger partial charge on any atom is -0.274 e. The molecule has 118 valence electrons. The SMILES string of the molecule is C=CC1=C(/C=C\C)N=CN=CC1/C(=C/C(CC)=NCCl)CC. The molecular weight excluding hydrogens is 294 g/mol. The van der Waals surface area contributed by atoms with Gasteiger partial charge in [0.05, 0.1) is 5.70 Å². The Bertz CT molecular complexity index is 563. The van der Waals surface area contributed by atoms with Crippen LogP contribution in [0.5, 0.6) is 0 Å². The van der Waals surface area contributed by atoms with Crippen molar-refractivity contribution in [2.75, 3.05) is 6.00 Å². The summed E-state index contributed by atoms with van der Waals surface area (Å²) in [4.78, 5) is 13.0. The fraction of sp³-hybridized carbons (Fsp3) is 0.389. The quantitative estimate of drug-likeness (QED) is 0.355. The number of hydrogen-bond acceptors (Lipinski definition) is 3. The summed E-state index contributed by atoms with van der Waals surface area (Å²) in [5.41, 5.74) is 4.19. The van der Waals surface area contributed by atoms with Crippen LogP contribution in [0.4, 0.5) is 0 Å². The second-order valence-corrected chi connectivity index (χ2v) is 5.00. The summed E-state index contributed by atoms with van der Waals surface area (Å²) < 4.78 is 0. The molecule has 0 amide bonds. The van der Waals surface area contributed by atoms with E-state index >= 15 is 0 Å². The molecule has 0 saturated heterocycles. The van der Waals surface area contributed by atoms with Gasteiger partial charge in [-0.1, -0.05) is 38.2 Å². The van der Waals surface area contributed by atoms with Gasteiger partial charge >= 0.3 is 0 Å². The minimum absolute atomic E-state index is 0.0586. The van der Waals surface area contributed by atoms with Crippen molar-refractivity contribution in [3.05, 3.63) is 47.7 Å². The van der Waals surface area contributed by atoms with Gasteiger partial charge in [-0.15, -0.1) is 11.6 Å². The molecule has 4 heteroatoms. The minimum atomic E-state index is 0.0586. The summed E-state index contributed by atoms with van der Waals surface area (Å²) in [6.45, 7) is 10.1. The van der Waals surface area contributed by atoms with Crippen molar-refractivity contribution >= 4 is 29.9 Å². The molecule has 0 spiro atoms. The number of allylic oxidation sites excluding steroid dienone is 6. The van der Waals surface area contributed by atoms with Crippen LogP contribution >= 0.6 is 11.6 Å². The Morgan fingerprint density at radius 2 is 2.18 bits per heavy atom. The van der Waals surface area contributed by atoms with Gasteiger partial charge in [-0.3, -0.25) is 4.99 Å². The van der Waals surface area contributed by atoms with E-state index in [1.165, 1.54) is 5.57 Å². The highest BCUT2D eigenvalue weighted by atomic mass is 35.5. The van der Waals surface area contributed by atoms with Crippen LogP contribution in [-0.4, -0.2) is 24.3 Å². The molecule has 1 unspecified atom stereocenters. The normalized spacial score (nSPS) is 19.9. The summed E-state index contributed by atoms with van der Waals surface area (Å²) in [5, 5.41) is 0. The van der Waals surface area contributed by atoms with E-state index in [9.17, 15) is 0 Å². The molecule has 0 aromatic heterocycles. The van der Waals surface area contributed by atoms with Gasteiger partial charge in [-0.25, -0.2) is 9.98 Å². The first-order valence-electron chi connectivity index (χ1n) is 7.56. The number of nitrogens with zero attached hydrogens (tertiary/aromatic N) is 3. The Hall–Kier alpha value is -1.74. The Balaban J connectivity index is 3.35. The molecule has 1 rings (SSSR count). The lowest BCUT2D eigenvalue weighted by Crippen LogP contribution is -2.11. The Morgan fingerprint density at radius 3 is 2.73 bits per heavy atom. The molecule has 0 fully saturated rings. The topological polar surface area (TPSA) is 37.1 Å². The molecule has 1 atom stereocenters. The maximum Gasteiger partial charge on any atom is 0.115 e.